The maximum Gasteiger partial charge on any atom is 0.194 e. The van der Waals surface area contributed by atoms with Crippen LogP contribution in [0, 0.1) is 0 Å². The molecule has 1 heterocycles. The molecule has 0 atom stereocenters. The van der Waals surface area contributed by atoms with E-state index in [2.05, 4.69) is 81.3 Å². The Balaban J connectivity index is 0.00000364. The number of aliphatic imine (C=N–C) groups is 1. The van der Waals surface area contributed by atoms with Gasteiger partial charge in [-0.2, -0.15) is 5.10 Å². The fraction of sp³-hybridized carbons (Fsp3) is 0.500. The van der Waals surface area contributed by atoms with Crippen molar-refractivity contribution in [1.82, 2.24) is 25.0 Å². The summed E-state index contributed by atoms with van der Waals surface area (Å²) in [6, 6.07) is 8.40. The highest BCUT2D eigenvalue weighted by Crippen LogP contribution is 2.33. The zero-order valence-electron chi connectivity index (χ0n) is 16.4. The smallest absolute Gasteiger partial charge is 0.194 e. The number of nitrogens with one attached hydrogen (secondary N) is 1. The van der Waals surface area contributed by atoms with E-state index in [0.717, 1.165) is 22.8 Å². The summed E-state index contributed by atoms with van der Waals surface area (Å²) in [5.41, 5.74) is 0. The van der Waals surface area contributed by atoms with Gasteiger partial charge < -0.3 is 10.2 Å². The third-order valence-corrected chi connectivity index (χ3v) is 5.42. The first-order valence-corrected chi connectivity index (χ1v) is 10.2. The van der Waals surface area contributed by atoms with E-state index in [-0.39, 0.29) is 28.7 Å². The van der Waals surface area contributed by atoms with Crippen LogP contribution in [0.3, 0.4) is 0 Å². The van der Waals surface area contributed by atoms with Gasteiger partial charge in [0.2, 0.25) is 0 Å². The molecule has 0 fully saturated rings. The van der Waals surface area contributed by atoms with Crippen molar-refractivity contribution in [2.24, 2.45) is 12.0 Å². The molecule has 0 radical (unpaired) electrons. The lowest BCUT2D eigenvalue weighted by Crippen LogP contribution is -2.40. The molecule has 1 aromatic carbocycles. The fourth-order valence-corrected chi connectivity index (χ4v) is 3.64. The Morgan fingerprint density at radius 2 is 2.00 bits per heavy atom. The van der Waals surface area contributed by atoms with E-state index in [1.54, 1.807) is 11.0 Å². The first kappa shape index (κ1) is 24.2. The van der Waals surface area contributed by atoms with Gasteiger partial charge in [-0.3, -0.25) is 9.67 Å². The van der Waals surface area contributed by atoms with Crippen molar-refractivity contribution in [2.75, 3.05) is 20.1 Å². The second-order valence-electron chi connectivity index (χ2n) is 6.64. The van der Waals surface area contributed by atoms with Gasteiger partial charge in [0.05, 0.1) is 13.1 Å². The number of benzene rings is 1. The summed E-state index contributed by atoms with van der Waals surface area (Å²) >= 11 is 5.31. The third kappa shape index (κ3) is 7.98. The van der Waals surface area contributed by atoms with Crippen molar-refractivity contribution >= 4 is 57.6 Å². The molecule has 0 aliphatic carbocycles. The van der Waals surface area contributed by atoms with E-state index in [4.69, 9.17) is 4.99 Å². The third-order valence-electron chi connectivity index (χ3n) is 3.70. The van der Waals surface area contributed by atoms with Crippen LogP contribution >= 0.6 is 51.7 Å². The van der Waals surface area contributed by atoms with E-state index in [9.17, 15) is 0 Å². The average molecular weight is 567 g/mol. The maximum atomic E-state index is 4.85. The zero-order chi connectivity index (χ0) is 19.2. The van der Waals surface area contributed by atoms with Gasteiger partial charge in [-0.1, -0.05) is 15.9 Å². The lowest BCUT2D eigenvalue weighted by Gasteiger charge is -2.25. The molecule has 0 saturated carbocycles. The molecule has 1 N–H and O–H groups in total. The minimum absolute atomic E-state index is 0. The van der Waals surface area contributed by atoms with E-state index < -0.39 is 0 Å². The van der Waals surface area contributed by atoms with E-state index >= 15 is 0 Å². The molecule has 0 saturated heterocycles. The summed E-state index contributed by atoms with van der Waals surface area (Å²) in [6.07, 6.45) is 1.57. The van der Waals surface area contributed by atoms with Gasteiger partial charge in [0, 0.05) is 34.8 Å². The molecule has 0 spiro atoms. The van der Waals surface area contributed by atoms with Gasteiger partial charge in [0.15, 0.2) is 5.96 Å². The van der Waals surface area contributed by atoms with Crippen LogP contribution < -0.4 is 5.32 Å². The molecular formula is C18H28BrIN6S. The normalized spacial score (nSPS) is 11.9. The van der Waals surface area contributed by atoms with Gasteiger partial charge in [-0.05, 0) is 45.0 Å². The Bertz CT molecular complexity index is 732. The summed E-state index contributed by atoms with van der Waals surface area (Å²) in [4.78, 5) is 12.5. The van der Waals surface area contributed by atoms with E-state index in [1.807, 2.05) is 25.9 Å². The van der Waals surface area contributed by atoms with Crippen LogP contribution in [-0.2, 0) is 13.6 Å². The SMILES string of the molecule is CCNC(=NCC(C)(C)Sc1ccc(Br)cc1)N(C)Cc1ncnn1C.I. The van der Waals surface area contributed by atoms with E-state index in [1.165, 1.54) is 4.90 Å². The summed E-state index contributed by atoms with van der Waals surface area (Å²) in [5.74, 6) is 1.78. The van der Waals surface area contributed by atoms with Crippen LogP contribution in [0.5, 0.6) is 0 Å². The number of thioether (sulfide) groups is 1. The largest absolute Gasteiger partial charge is 0.357 e. The Hall–Kier alpha value is -0.810. The van der Waals surface area contributed by atoms with Gasteiger partial charge in [-0.25, -0.2) is 4.98 Å². The monoisotopic (exact) mass is 566 g/mol. The van der Waals surface area contributed by atoms with Crippen LogP contribution in [0.25, 0.3) is 0 Å². The number of hydrogen-bond acceptors (Lipinski definition) is 4. The lowest BCUT2D eigenvalue weighted by molar-refractivity contribution is 0.447. The molecule has 0 aliphatic heterocycles. The van der Waals surface area contributed by atoms with Crippen LogP contribution in [0.1, 0.15) is 26.6 Å². The lowest BCUT2D eigenvalue weighted by atomic mass is 10.2. The highest BCUT2D eigenvalue weighted by atomic mass is 127. The summed E-state index contributed by atoms with van der Waals surface area (Å²) in [6.45, 7) is 8.70. The summed E-state index contributed by atoms with van der Waals surface area (Å²) in [7, 11) is 3.92. The van der Waals surface area contributed by atoms with Crippen molar-refractivity contribution in [3.05, 3.63) is 40.9 Å². The quantitative estimate of drug-likeness (QED) is 0.236. The predicted molar refractivity (Wildman–Crippen MR) is 128 cm³/mol. The number of aryl methyl sites for hydroxylation is 1. The molecule has 0 aliphatic rings. The Kier molecular flexibility index (Phi) is 10.1. The first-order chi connectivity index (χ1) is 12.3. The van der Waals surface area contributed by atoms with Gasteiger partial charge in [-0.15, -0.1) is 35.7 Å². The molecule has 6 nitrogen and oxygen atoms in total. The number of rotatable bonds is 7. The highest BCUT2D eigenvalue weighted by molar-refractivity contribution is 14.0. The predicted octanol–water partition coefficient (Wildman–Crippen LogP) is 4.16. The number of aromatic nitrogens is 3. The second-order valence-corrected chi connectivity index (χ2v) is 9.34. The summed E-state index contributed by atoms with van der Waals surface area (Å²) < 4.78 is 2.87. The van der Waals surface area contributed by atoms with Crippen LogP contribution in [0.15, 0.2) is 45.0 Å². The minimum Gasteiger partial charge on any atom is -0.357 e. The first-order valence-electron chi connectivity index (χ1n) is 8.57. The van der Waals surface area contributed by atoms with Crippen molar-refractivity contribution in [3.63, 3.8) is 0 Å². The number of nitrogens with zero attached hydrogens (tertiary/aromatic N) is 5. The average Bonchev–Trinajstić information content (AvgIpc) is 2.98. The van der Waals surface area contributed by atoms with Crippen LogP contribution in [0.2, 0.25) is 0 Å². The van der Waals surface area contributed by atoms with Gasteiger partial charge >= 0.3 is 0 Å². The molecule has 1 aromatic heterocycles. The molecular weight excluding hydrogens is 539 g/mol. The van der Waals surface area contributed by atoms with Crippen molar-refractivity contribution in [1.29, 1.82) is 0 Å². The molecule has 9 heteroatoms. The Morgan fingerprint density at radius 1 is 1.33 bits per heavy atom. The number of halogens is 2. The number of guanidine groups is 1. The van der Waals surface area contributed by atoms with Gasteiger partial charge in [0.25, 0.3) is 0 Å². The summed E-state index contributed by atoms with van der Waals surface area (Å²) in [5, 5.41) is 7.49. The molecule has 0 bridgehead atoms. The van der Waals surface area contributed by atoms with Gasteiger partial charge in [0.1, 0.15) is 12.2 Å². The molecule has 2 rings (SSSR count). The Morgan fingerprint density at radius 3 is 2.56 bits per heavy atom. The molecule has 27 heavy (non-hydrogen) atoms. The van der Waals surface area contributed by atoms with Crippen molar-refractivity contribution in [2.45, 2.75) is 37.0 Å². The van der Waals surface area contributed by atoms with Crippen LogP contribution in [0.4, 0.5) is 0 Å². The van der Waals surface area contributed by atoms with Crippen LogP contribution in [-0.4, -0.2) is 50.5 Å². The molecule has 2 aromatic rings. The molecule has 0 unspecified atom stereocenters. The topological polar surface area (TPSA) is 58.3 Å². The zero-order valence-corrected chi connectivity index (χ0v) is 21.2. The minimum atomic E-state index is -0.0138. The standard InChI is InChI=1S/C18H27BrN6S.HI/c1-6-20-17(24(4)11-16-22-13-23-25(16)5)21-12-18(2,3)26-15-9-7-14(19)8-10-15;/h7-10,13H,6,11-12H2,1-5H3,(H,20,21);1H. The molecule has 150 valence electrons. The van der Waals surface area contributed by atoms with E-state index in [0.29, 0.717) is 13.1 Å². The second kappa shape index (κ2) is 11.3. The Labute approximate surface area is 191 Å². The number of hydrogen-bond donors (Lipinski definition) is 1. The fourth-order valence-electron chi connectivity index (χ4n) is 2.34. The maximum absolute atomic E-state index is 4.85. The van der Waals surface area contributed by atoms with Crippen molar-refractivity contribution < 1.29 is 0 Å². The van der Waals surface area contributed by atoms with Crippen molar-refractivity contribution in [3.8, 4) is 0 Å². The highest BCUT2D eigenvalue weighted by Gasteiger charge is 2.20. The molecule has 0 amide bonds.